The van der Waals surface area contributed by atoms with Crippen molar-refractivity contribution < 1.29 is 27.5 Å². The zero-order chi connectivity index (χ0) is 26.3. The first-order valence-electron chi connectivity index (χ1n) is 11.4. The van der Waals surface area contributed by atoms with Crippen LogP contribution in [0.2, 0.25) is 0 Å². The minimum Gasteiger partial charge on any atom is -0.443 e. The Balaban J connectivity index is 2.33. The number of sulfone groups is 1. The molecule has 2 aromatic heterocycles. The van der Waals surface area contributed by atoms with Gasteiger partial charge in [-0.3, -0.25) is 9.36 Å². The van der Waals surface area contributed by atoms with Crippen LogP contribution >= 0.6 is 0 Å². The van der Waals surface area contributed by atoms with Gasteiger partial charge in [0.05, 0.1) is 11.1 Å². The molecule has 3 rings (SSSR count). The number of pyridine rings is 1. The maximum Gasteiger partial charge on any atom is 0.424 e. The first-order valence-corrected chi connectivity index (χ1v) is 13.3. The molecule has 2 heterocycles. The average molecular weight is 509 g/mol. The highest BCUT2D eigenvalue weighted by atomic mass is 32.2. The average Bonchev–Trinajstić information content (AvgIpc) is 3.18. The lowest BCUT2D eigenvalue weighted by Gasteiger charge is -2.29. The van der Waals surface area contributed by atoms with Crippen molar-refractivity contribution in [1.29, 1.82) is 0 Å². The van der Waals surface area contributed by atoms with E-state index in [4.69, 9.17) is 9.47 Å². The van der Waals surface area contributed by atoms with Gasteiger partial charge in [0.1, 0.15) is 16.8 Å². The van der Waals surface area contributed by atoms with E-state index in [-0.39, 0.29) is 22.8 Å². The van der Waals surface area contributed by atoms with Crippen molar-refractivity contribution in [3.8, 4) is 0 Å². The molecule has 0 unspecified atom stereocenters. The minimum absolute atomic E-state index is 0.0203. The number of carbonyl (C=O) groups excluding carboxylic acids is 2. The van der Waals surface area contributed by atoms with Crippen LogP contribution in [-0.4, -0.2) is 52.6 Å². The highest BCUT2D eigenvalue weighted by Gasteiger charge is 2.35. The summed E-state index contributed by atoms with van der Waals surface area (Å²) in [6.45, 7) is 9.81. The highest BCUT2D eigenvalue weighted by Crippen LogP contribution is 2.34. The van der Waals surface area contributed by atoms with Gasteiger partial charge in [-0.05, 0) is 54.4 Å². The Morgan fingerprint density at radius 3 is 2.00 bits per heavy atom. The van der Waals surface area contributed by atoms with Crippen LogP contribution in [0.3, 0.4) is 0 Å². The molecule has 2 amide bonds. The Labute approximate surface area is 204 Å². The van der Waals surface area contributed by atoms with Crippen molar-refractivity contribution in [2.24, 2.45) is 0 Å². The molecule has 192 valence electrons. The van der Waals surface area contributed by atoms with Crippen molar-refractivity contribution in [2.45, 2.75) is 89.6 Å². The van der Waals surface area contributed by atoms with Crippen LogP contribution < -0.4 is 10.5 Å². The van der Waals surface area contributed by atoms with E-state index in [0.717, 1.165) is 25.2 Å². The van der Waals surface area contributed by atoms with Gasteiger partial charge in [-0.25, -0.2) is 23.0 Å². The van der Waals surface area contributed by atoms with E-state index in [1.165, 1.54) is 10.8 Å². The summed E-state index contributed by atoms with van der Waals surface area (Å²) in [7, 11) is -3.80. The quantitative estimate of drug-likeness (QED) is 0.563. The zero-order valence-electron chi connectivity index (χ0n) is 21.1. The SMILES string of the molecule is CC(C)(C)OC(=O)N(C(=O)OC(C)(C)C)c1cc(=O)n(C2CCCC2)c2nc(S(C)(=O)=O)ncc12. The van der Waals surface area contributed by atoms with Crippen LogP contribution in [0.4, 0.5) is 15.3 Å². The number of aromatic nitrogens is 3. The van der Waals surface area contributed by atoms with Crippen molar-refractivity contribution in [2.75, 3.05) is 11.2 Å². The van der Waals surface area contributed by atoms with E-state index in [1.54, 1.807) is 41.5 Å². The van der Waals surface area contributed by atoms with E-state index in [1.807, 2.05) is 0 Å². The summed E-state index contributed by atoms with van der Waals surface area (Å²) >= 11 is 0. The molecule has 0 aliphatic heterocycles. The number of anilines is 1. The zero-order valence-corrected chi connectivity index (χ0v) is 21.9. The molecule has 2 aromatic rings. The summed E-state index contributed by atoms with van der Waals surface area (Å²) in [5.41, 5.74) is -2.57. The number of hydrogen-bond donors (Lipinski definition) is 0. The van der Waals surface area contributed by atoms with E-state index in [9.17, 15) is 22.8 Å². The largest absolute Gasteiger partial charge is 0.443 e. The van der Waals surface area contributed by atoms with Crippen LogP contribution in [0.5, 0.6) is 0 Å². The van der Waals surface area contributed by atoms with E-state index < -0.39 is 43.9 Å². The number of fused-ring (bicyclic) bond motifs is 1. The minimum atomic E-state index is -3.80. The molecular formula is C23H32N4O7S. The summed E-state index contributed by atoms with van der Waals surface area (Å²) in [4.78, 5) is 48.4. The van der Waals surface area contributed by atoms with Gasteiger partial charge in [-0.1, -0.05) is 12.8 Å². The van der Waals surface area contributed by atoms with Crippen molar-refractivity contribution >= 4 is 38.7 Å². The smallest absolute Gasteiger partial charge is 0.424 e. The van der Waals surface area contributed by atoms with Gasteiger partial charge in [0.2, 0.25) is 15.0 Å². The normalized spacial score (nSPS) is 15.3. The van der Waals surface area contributed by atoms with Crippen LogP contribution in [0.1, 0.15) is 73.3 Å². The molecule has 1 saturated carbocycles. The molecule has 0 bridgehead atoms. The van der Waals surface area contributed by atoms with E-state index in [2.05, 4.69) is 9.97 Å². The number of amides is 2. The first kappa shape index (κ1) is 26.6. The number of hydrogen-bond acceptors (Lipinski definition) is 9. The monoisotopic (exact) mass is 508 g/mol. The second kappa shape index (κ2) is 9.21. The Morgan fingerprint density at radius 1 is 1.03 bits per heavy atom. The predicted octanol–water partition coefficient (Wildman–Crippen LogP) is 3.99. The van der Waals surface area contributed by atoms with Crippen LogP contribution in [0.15, 0.2) is 22.2 Å². The number of imide groups is 1. The Kier molecular flexibility index (Phi) is 7.00. The van der Waals surface area contributed by atoms with Gasteiger partial charge >= 0.3 is 12.2 Å². The number of rotatable bonds is 3. The van der Waals surface area contributed by atoms with Crippen LogP contribution in [0.25, 0.3) is 11.0 Å². The summed E-state index contributed by atoms with van der Waals surface area (Å²) in [6, 6.07) is 0.940. The summed E-state index contributed by atoms with van der Waals surface area (Å²) < 4.78 is 36.6. The molecule has 11 nitrogen and oxygen atoms in total. The lowest BCUT2D eigenvalue weighted by Crippen LogP contribution is -2.44. The van der Waals surface area contributed by atoms with Crippen molar-refractivity contribution in [3.63, 3.8) is 0 Å². The third kappa shape index (κ3) is 6.16. The van der Waals surface area contributed by atoms with Gasteiger partial charge in [0, 0.05) is 24.6 Å². The topological polar surface area (TPSA) is 138 Å². The Bertz CT molecular complexity index is 1290. The molecule has 35 heavy (non-hydrogen) atoms. The van der Waals surface area contributed by atoms with Gasteiger partial charge in [-0.2, -0.15) is 9.88 Å². The van der Waals surface area contributed by atoms with Crippen molar-refractivity contribution in [3.05, 3.63) is 22.6 Å². The maximum atomic E-state index is 13.3. The van der Waals surface area contributed by atoms with Gasteiger partial charge in [0.15, 0.2) is 0 Å². The fourth-order valence-corrected chi connectivity index (χ4v) is 4.35. The lowest BCUT2D eigenvalue weighted by molar-refractivity contribution is 0.0431. The molecule has 0 atom stereocenters. The number of ether oxygens (including phenoxy) is 2. The fourth-order valence-electron chi connectivity index (χ4n) is 3.86. The van der Waals surface area contributed by atoms with Gasteiger partial charge in [0.25, 0.3) is 5.56 Å². The molecule has 12 heteroatoms. The molecule has 1 fully saturated rings. The molecule has 0 radical (unpaired) electrons. The Hall–Kier alpha value is -3.02. The van der Waals surface area contributed by atoms with Crippen molar-refractivity contribution in [1.82, 2.24) is 14.5 Å². The molecule has 1 aliphatic carbocycles. The molecule has 0 spiro atoms. The van der Waals surface area contributed by atoms with E-state index in [0.29, 0.717) is 17.7 Å². The summed E-state index contributed by atoms with van der Waals surface area (Å²) in [5, 5.41) is -0.324. The highest BCUT2D eigenvalue weighted by molar-refractivity contribution is 7.90. The Morgan fingerprint density at radius 2 is 1.54 bits per heavy atom. The molecular weight excluding hydrogens is 476 g/mol. The number of nitrogens with zero attached hydrogens (tertiary/aromatic N) is 4. The lowest BCUT2D eigenvalue weighted by atomic mass is 10.2. The predicted molar refractivity (Wildman–Crippen MR) is 129 cm³/mol. The van der Waals surface area contributed by atoms with Gasteiger partial charge < -0.3 is 9.47 Å². The van der Waals surface area contributed by atoms with Crippen LogP contribution in [-0.2, 0) is 19.3 Å². The van der Waals surface area contributed by atoms with Gasteiger partial charge in [-0.15, -0.1) is 0 Å². The second-order valence-electron chi connectivity index (χ2n) is 10.6. The summed E-state index contributed by atoms with van der Waals surface area (Å²) in [6.07, 6.45) is 3.29. The third-order valence-corrected chi connectivity index (χ3v) is 6.02. The van der Waals surface area contributed by atoms with E-state index >= 15 is 0 Å². The molecule has 0 N–H and O–H groups in total. The maximum absolute atomic E-state index is 13.3. The third-order valence-electron chi connectivity index (χ3n) is 5.16. The molecule has 0 saturated heterocycles. The summed E-state index contributed by atoms with van der Waals surface area (Å²) in [5.74, 6) is 0. The van der Waals surface area contributed by atoms with Crippen LogP contribution in [0, 0.1) is 0 Å². The second-order valence-corrected chi connectivity index (χ2v) is 12.5. The first-order chi connectivity index (χ1) is 16.0. The molecule has 0 aromatic carbocycles. The fraction of sp³-hybridized carbons (Fsp3) is 0.609. The number of carbonyl (C=O) groups is 2. The standard InChI is InChI=1S/C23H32N4O7S/c1-22(2,3)33-20(29)27(21(30)34-23(4,5)6)16-12-17(28)26(14-10-8-9-11-14)18-15(16)13-24-19(25-18)35(7,31)32/h12-14H,8-11H2,1-7H3. The molecule has 1 aliphatic rings.